The molecular formula is C7H6ClFO2S. The van der Waals surface area contributed by atoms with E-state index in [9.17, 15) is 8.60 Å². The van der Waals surface area contributed by atoms with Crippen LogP contribution in [0.15, 0.2) is 18.2 Å². The second-order valence-corrected chi connectivity index (χ2v) is 3.57. The Bertz CT molecular complexity index is 316. The highest BCUT2D eigenvalue weighted by atomic mass is 35.5. The average Bonchev–Trinajstić information content (AvgIpc) is 1.96. The van der Waals surface area contributed by atoms with Crippen molar-refractivity contribution in [2.24, 2.45) is 0 Å². The van der Waals surface area contributed by atoms with Gasteiger partial charge in [-0.2, -0.15) is 0 Å². The summed E-state index contributed by atoms with van der Waals surface area (Å²) in [5.41, 5.74) is 0.156. The van der Waals surface area contributed by atoms with E-state index < -0.39 is 16.9 Å². The summed E-state index contributed by atoms with van der Waals surface area (Å²) in [5, 5.41) is 0.358. The van der Waals surface area contributed by atoms with Gasteiger partial charge in [-0.25, -0.2) is 8.60 Å². The van der Waals surface area contributed by atoms with Crippen LogP contribution in [0.3, 0.4) is 0 Å². The third kappa shape index (κ3) is 2.55. The lowest BCUT2D eigenvalue weighted by Crippen LogP contribution is -1.96. The van der Waals surface area contributed by atoms with Crippen molar-refractivity contribution >= 4 is 22.7 Å². The summed E-state index contributed by atoms with van der Waals surface area (Å²) in [6.45, 7) is 0. The van der Waals surface area contributed by atoms with Crippen LogP contribution in [-0.2, 0) is 16.8 Å². The van der Waals surface area contributed by atoms with E-state index in [2.05, 4.69) is 0 Å². The number of benzene rings is 1. The Morgan fingerprint density at radius 2 is 2.25 bits per heavy atom. The first-order valence-corrected chi connectivity index (χ1v) is 4.76. The first-order chi connectivity index (χ1) is 5.59. The normalized spacial score (nSPS) is 12.9. The molecule has 0 radical (unpaired) electrons. The predicted molar refractivity (Wildman–Crippen MR) is 45.9 cm³/mol. The Morgan fingerprint density at radius 3 is 2.83 bits per heavy atom. The fraction of sp³-hybridized carbons (Fsp3) is 0.143. The zero-order valence-corrected chi connectivity index (χ0v) is 7.53. The lowest BCUT2D eigenvalue weighted by molar-refractivity contribution is 0.559. The molecule has 0 aromatic heterocycles. The Balaban J connectivity index is 2.97. The SMILES string of the molecule is O=S(O)Cc1cc(Cl)ccc1F. The second-order valence-electron chi connectivity index (χ2n) is 2.20. The van der Waals surface area contributed by atoms with Crippen LogP contribution in [0.2, 0.25) is 5.02 Å². The first kappa shape index (κ1) is 9.64. The van der Waals surface area contributed by atoms with E-state index in [1.807, 2.05) is 0 Å². The van der Waals surface area contributed by atoms with Crippen molar-refractivity contribution in [1.29, 1.82) is 0 Å². The van der Waals surface area contributed by atoms with Gasteiger partial charge in [0.2, 0.25) is 0 Å². The summed E-state index contributed by atoms with van der Waals surface area (Å²) in [7, 11) is 0. The maximum absolute atomic E-state index is 12.8. The minimum absolute atomic E-state index is 0.156. The number of hydrogen-bond acceptors (Lipinski definition) is 1. The number of halogens is 2. The van der Waals surface area contributed by atoms with E-state index in [4.69, 9.17) is 16.2 Å². The maximum Gasteiger partial charge on any atom is 0.157 e. The molecule has 66 valence electrons. The molecule has 0 amide bonds. The third-order valence-electron chi connectivity index (χ3n) is 1.29. The summed E-state index contributed by atoms with van der Waals surface area (Å²) in [5.74, 6) is -0.742. The fourth-order valence-electron chi connectivity index (χ4n) is 0.787. The number of rotatable bonds is 2. The van der Waals surface area contributed by atoms with Crippen molar-refractivity contribution in [2.75, 3.05) is 0 Å². The van der Waals surface area contributed by atoms with E-state index in [1.165, 1.54) is 18.2 Å². The van der Waals surface area contributed by atoms with E-state index in [0.29, 0.717) is 5.02 Å². The highest BCUT2D eigenvalue weighted by Crippen LogP contribution is 2.15. The van der Waals surface area contributed by atoms with Crippen LogP contribution in [0.5, 0.6) is 0 Å². The van der Waals surface area contributed by atoms with Crippen molar-refractivity contribution in [3.05, 3.63) is 34.6 Å². The van der Waals surface area contributed by atoms with Crippen molar-refractivity contribution in [1.82, 2.24) is 0 Å². The Hall–Kier alpha value is -0.450. The van der Waals surface area contributed by atoms with Crippen LogP contribution in [0.25, 0.3) is 0 Å². The Morgan fingerprint density at radius 1 is 1.58 bits per heavy atom. The minimum Gasteiger partial charge on any atom is -0.306 e. The van der Waals surface area contributed by atoms with E-state index in [-0.39, 0.29) is 11.3 Å². The summed E-state index contributed by atoms with van der Waals surface area (Å²) in [6, 6.07) is 3.90. The summed E-state index contributed by atoms with van der Waals surface area (Å²) < 4.78 is 31.6. The topological polar surface area (TPSA) is 37.3 Å². The molecular weight excluding hydrogens is 203 g/mol. The monoisotopic (exact) mass is 208 g/mol. The molecule has 1 unspecified atom stereocenters. The van der Waals surface area contributed by atoms with E-state index in [0.717, 1.165) is 0 Å². The predicted octanol–water partition coefficient (Wildman–Crippen LogP) is 2.20. The Labute approximate surface area is 76.6 Å². The molecule has 0 heterocycles. The van der Waals surface area contributed by atoms with Crippen molar-refractivity contribution < 1.29 is 13.2 Å². The van der Waals surface area contributed by atoms with Crippen LogP contribution in [0, 0.1) is 5.82 Å². The fourth-order valence-corrected chi connectivity index (χ4v) is 1.47. The number of hydrogen-bond donors (Lipinski definition) is 1. The molecule has 2 nitrogen and oxygen atoms in total. The molecule has 0 saturated carbocycles. The van der Waals surface area contributed by atoms with Crippen molar-refractivity contribution in [3.8, 4) is 0 Å². The lowest BCUT2D eigenvalue weighted by Gasteiger charge is -1.99. The standard InChI is InChI=1S/C7H6ClFO2S/c8-6-1-2-7(9)5(3-6)4-12(10)11/h1-3H,4H2,(H,10,11). The average molecular weight is 209 g/mol. The third-order valence-corrected chi connectivity index (χ3v) is 2.08. The summed E-state index contributed by atoms with van der Waals surface area (Å²) in [6.07, 6.45) is 0. The van der Waals surface area contributed by atoms with Crippen LogP contribution in [0.1, 0.15) is 5.56 Å². The van der Waals surface area contributed by atoms with E-state index in [1.54, 1.807) is 0 Å². The molecule has 12 heavy (non-hydrogen) atoms. The first-order valence-electron chi connectivity index (χ1n) is 3.11. The van der Waals surface area contributed by atoms with Crippen LogP contribution >= 0.6 is 11.6 Å². The molecule has 0 spiro atoms. The lowest BCUT2D eigenvalue weighted by atomic mass is 10.2. The van der Waals surface area contributed by atoms with Gasteiger partial charge >= 0.3 is 0 Å². The van der Waals surface area contributed by atoms with Gasteiger partial charge in [0.25, 0.3) is 0 Å². The van der Waals surface area contributed by atoms with E-state index >= 15 is 0 Å². The van der Waals surface area contributed by atoms with Gasteiger partial charge in [-0.15, -0.1) is 0 Å². The van der Waals surface area contributed by atoms with Crippen molar-refractivity contribution in [3.63, 3.8) is 0 Å². The van der Waals surface area contributed by atoms with Gasteiger partial charge in [0.1, 0.15) is 5.82 Å². The second kappa shape index (κ2) is 3.98. The molecule has 0 aliphatic heterocycles. The zero-order valence-electron chi connectivity index (χ0n) is 5.96. The minimum atomic E-state index is -2.03. The summed E-state index contributed by atoms with van der Waals surface area (Å²) >= 11 is 3.52. The smallest absolute Gasteiger partial charge is 0.157 e. The van der Waals surface area contributed by atoms with Crippen LogP contribution in [0.4, 0.5) is 4.39 Å². The highest BCUT2D eigenvalue weighted by Gasteiger charge is 2.05. The highest BCUT2D eigenvalue weighted by molar-refractivity contribution is 7.78. The van der Waals surface area contributed by atoms with Gasteiger partial charge in [-0.05, 0) is 18.2 Å². The molecule has 0 aliphatic carbocycles. The summed E-state index contributed by atoms with van der Waals surface area (Å²) in [4.78, 5) is 0. The maximum atomic E-state index is 12.8. The molecule has 0 aliphatic rings. The molecule has 5 heteroatoms. The van der Waals surface area contributed by atoms with Gasteiger partial charge < -0.3 is 4.55 Å². The van der Waals surface area contributed by atoms with Gasteiger partial charge in [-0.3, -0.25) is 0 Å². The molecule has 0 saturated heterocycles. The molecule has 1 aromatic carbocycles. The van der Waals surface area contributed by atoms with Gasteiger partial charge in [0, 0.05) is 10.6 Å². The molecule has 1 N–H and O–H groups in total. The molecule has 1 aromatic rings. The molecule has 1 atom stereocenters. The zero-order chi connectivity index (χ0) is 9.14. The largest absolute Gasteiger partial charge is 0.306 e. The van der Waals surface area contributed by atoms with Crippen molar-refractivity contribution in [2.45, 2.75) is 5.75 Å². The molecule has 1 rings (SSSR count). The molecule has 0 fully saturated rings. The van der Waals surface area contributed by atoms with Crippen LogP contribution in [-0.4, -0.2) is 8.76 Å². The van der Waals surface area contributed by atoms with Crippen LogP contribution < -0.4 is 0 Å². The van der Waals surface area contributed by atoms with Gasteiger partial charge in [0.15, 0.2) is 11.1 Å². The van der Waals surface area contributed by atoms with Gasteiger partial charge in [-0.1, -0.05) is 11.6 Å². The Kier molecular flexibility index (Phi) is 3.20. The molecule has 0 bridgehead atoms. The quantitative estimate of drug-likeness (QED) is 0.757. The van der Waals surface area contributed by atoms with Gasteiger partial charge in [0.05, 0.1) is 5.75 Å².